The van der Waals surface area contributed by atoms with Crippen molar-refractivity contribution in [2.45, 2.75) is 38.6 Å². The van der Waals surface area contributed by atoms with Gasteiger partial charge in [-0.3, -0.25) is 11.3 Å². The molecule has 1 aliphatic rings. The molecule has 3 nitrogen and oxygen atoms in total. The third-order valence-corrected chi connectivity index (χ3v) is 2.22. The summed E-state index contributed by atoms with van der Waals surface area (Å²) in [5.74, 6) is 6.31. The van der Waals surface area contributed by atoms with Gasteiger partial charge in [0.2, 0.25) is 0 Å². The van der Waals surface area contributed by atoms with Gasteiger partial charge in [-0.1, -0.05) is 19.8 Å². The van der Waals surface area contributed by atoms with Crippen LogP contribution < -0.4 is 11.3 Å². The van der Waals surface area contributed by atoms with Crippen LogP contribution in [-0.4, -0.2) is 19.3 Å². The Labute approximate surface area is 74.6 Å². The molecule has 0 bridgehead atoms. The molecule has 1 saturated carbocycles. The van der Waals surface area contributed by atoms with Crippen LogP contribution in [0.5, 0.6) is 0 Å². The van der Waals surface area contributed by atoms with Crippen molar-refractivity contribution in [1.29, 1.82) is 0 Å². The number of ether oxygens (including phenoxy) is 1. The normalized spacial score (nSPS) is 19.5. The van der Waals surface area contributed by atoms with Gasteiger partial charge in [0.05, 0.1) is 6.61 Å². The summed E-state index contributed by atoms with van der Waals surface area (Å²) < 4.78 is 5.42. The van der Waals surface area contributed by atoms with Crippen LogP contribution in [0.15, 0.2) is 0 Å². The predicted octanol–water partition coefficient (Wildman–Crippen LogP) is 1.04. The van der Waals surface area contributed by atoms with Crippen molar-refractivity contribution in [1.82, 2.24) is 5.43 Å². The Morgan fingerprint density at radius 2 is 2.33 bits per heavy atom. The quantitative estimate of drug-likeness (QED) is 0.343. The Morgan fingerprint density at radius 1 is 1.58 bits per heavy atom. The van der Waals surface area contributed by atoms with Crippen LogP contribution in [0.1, 0.15) is 32.6 Å². The second kappa shape index (κ2) is 5.51. The zero-order chi connectivity index (χ0) is 8.81. The van der Waals surface area contributed by atoms with Crippen molar-refractivity contribution < 1.29 is 4.74 Å². The van der Waals surface area contributed by atoms with Crippen molar-refractivity contribution in [3.8, 4) is 0 Å². The fraction of sp³-hybridized carbons (Fsp3) is 1.00. The van der Waals surface area contributed by atoms with E-state index in [0.29, 0.717) is 6.04 Å². The average Bonchev–Trinajstić information content (AvgIpc) is 2.87. The Bertz CT molecular complexity index is 115. The second-order valence-corrected chi connectivity index (χ2v) is 3.62. The minimum atomic E-state index is 0.365. The van der Waals surface area contributed by atoms with E-state index in [4.69, 9.17) is 10.6 Å². The molecule has 1 atom stereocenters. The van der Waals surface area contributed by atoms with Crippen LogP contribution in [0, 0.1) is 5.92 Å². The molecule has 0 heterocycles. The largest absolute Gasteiger partial charge is 0.380 e. The molecule has 3 N–H and O–H groups in total. The molecule has 0 aliphatic heterocycles. The highest BCUT2D eigenvalue weighted by molar-refractivity contribution is 4.78. The first-order valence-electron chi connectivity index (χ1n) is 4.90. The monoisotopic (exact) mass is 172 g/mol. The summed E-state index contributed by atoms with van der Waals surface area (Å²) in [5.41, 5.74) is 2.81. The van der Waals surface area contributed by atoms with Crippen molar-refractivity contribution in [2.75, 3.05) is 13.2 Å². The van der Waals surface area contributed by atoms with Crippen LogP contribution in [0.25, 0.3) is 0 Å². The molecule has 0 radical (unpaired) electrons. The zero-order valence-electron chi connectivity index (χ0n) is 7.88. The SMILES string of the molecule is CCCOCC(CC1CC1)NN. The van der Waals surface area contributed by atoms with Crippen LogP contribution in [0.3, 0.4) is 0 Å². The Morgan fingerprint density at radius 3 is 2.83 bits per heavy atom. The van der Waals surface area contributed by atoms with E-state index in [-0.39, 0.29) is 0 Å². The maximum absolute atomic E-state index is 5.42. The molecule has 0 aromatic rings. The van der Waals surface area contributed by atoms with Gasteiger partial charge < -0.3 is 4.74 Å². The van der Waals surface area contributed by atoms with E-state index >= 15 is 0 Å². The van der Waals surface area contributed by atoms with Gasteiger partial charge in [-0.15, -0.1) is 0 Å². The van der Waals surface area contributed by atoms with Gasteiger partial charge in [-0.2, -0.15) is 0 Å². The molecule has 3 heteroatoms. The summed E-state index contributed by atoms with van der Waals surface area (Å²) in [6.07, 6.45) is 5.03. The van der Waals surface area contributed by atoms with E-state index < -0.39 is 0 Å². The van der Waals surface area contributed by atoms with E-state index in [1.165, 1.54) is 19.3 Å². The van der Waals surface area contributed by atoms with E-state index in [1.54, 1.807) is 0 Å². The summed E-state index contributed by atoms with van der Waals surface area (Å²) in [4.78, 5) is 0. The van der Waals surface area contributed by atoms with Crippen molar-refractivity contribution in [2.24, 2.45) is 11.8 Å². The van der Waals surface area contributed by atoms with E-state index in [1.807, 2.05) is 0 Å². The Kier molecular flexibility index (Phi) is 4.58. The molecular formula is C9H20N2O. The van der Waals surface area contributed by atoms with Gasteiger partial charge in [0.15, 0.2) is 0 Å². The fourth-order valence-corrected chi connectivity index (χ4v) is 1.31. The first kappa shape index (κ1) is 9.96. The van der Waals surface area contributed by atoms with Crippen LogP contribution in [-0.2, 0) is 4.74 Å². The molecular weight excluding hydrogens is 152 g/mol. The highest BCUT2D eigenvalue weighted by Gasteiger charge is 2.24. The minimum Gasteiger partial charge on any atom is -0.380 e. The topological polar surface area (TPSA) is 47.3 Å². The Hall–Kier alpha value is -0.120. The third kappa shape index (κ3) is 4.04. The number of hydrogen-bond donors (Lipinski definition) is 2. The van der Waals surface area contributed by atoms with Gasteiger partial charge in [0.25, 0.3) is 0 Å². The van der Waals surface area contributed by atoms with Gasteiger partial charge in [0, 0.05) is 12.6 Å². The summed E-state index contributed by atoms with van der Waals surface area (Å²) in [5, 5.41) is 0. The molecule has 0 aromatic heterocycles. The van der Waals surface area contributed by atoms with Crippen LogP contribution in [0.4, 0.5) is 0 Å². The maximum atomic E-state index is 5.42. The number of nitrogens with two attached hydrogens (primary N) is 1. The van der Waals surface area contributed by atoms with Crippen molar-refractivity contribution >= 4 is 0 Å². The molecule has 0 spiro atoms. The standard InChI is InChI=1S/C9H20N2O/c1-2-5-12-7-9(11-10)6-8-3-4-8/h8-9,11H,2-7,10H2,1H3. The summed E-state index contributed by atoms with van der Waals surface area (Å²) >= 11 is 0. The first-order valence-corrected chi connectivity index (χ1v) is 4.90. The van der Waals surface area contributed by atoms with Crippen molar-refractivity contribution in [3.05, 3.63) is 0 Å². The fourth-order valence-electron chi connectivity index (χ4n) is 1.31. The molecule has 0 amide bonds. The maximum Gasteiger partial charge on any atom is 0.0633 e. The third-order valence-electron chi connectivity index (χ3n) is 2.22. The van der Waals surface area contributed by atoms with Crippen LogP contribution in [0.2, 0.25) is 0 Å². The lowest BCUT2D eigenvalue weighted by atomic mass is 10.1. The lowest BCUT2D eigenvalue weighted by Crippen LogP contribution is -2.39. The molecule has 0 saturated heterocycles. The predicted molar refractivity (Wildman–Crippen MR) is 49.6 cm³/mol. The van der Waals surface area contributed by atoms with Gasteiger partial charge >= 0.3 is 0 Å². The molecule has 0 aromatic carbocycles. The van der Waals surface area contributed by atoms with Gasteiger partial charge in [0.1, 0.15) is 0 Å². The number of nitrogens with one attached hydrogen (secondary N) is 1. The lowest BCUT2D eigenvalue weighted by molar-refractivity contribution is 0.108. The van der Waals surface area contributed by atoms with E-state index in [9.17, 15) is 0 Å². The summed E-state index contributed by atoms with van der Waals surface area (Å²) in [7, 11) is 0. The number of hydrogen-bond acceptors (Lipinski definition) is 3. The molecule has 72 valence electrons. The average molecular weight is 172 g/mol. The molecule has 1 unspecified atom stereocenters. The molecule has 1 aliphatic carbocycles. The smallest absolute Gasteiger partial charge is 0.0633 e. The second-order valence-electron chi connectivity index (χ2n) is 3.62. The highest BCUT2D eigenvalue weighted by Crippen LogP contribution is 2.33. The van der Waals surface area contributed by atoms with E-state index in [0.717, 1.165) is 25.6 Å². The summed E-state index contributed by atoms with van der Waals surface area (Å²) in [6.45, 7) is 3.73. The zero-order valence-corrected chi connectivity index (χ0v) is 7.88. The van der Waals surface area contributed by atoms with Gasteiger partial charge in [-0.05, 0) is 18.8 Å². The molecule has 1 fully saturated rings. The van der Waals surface area contributed by atoms with Crippen molar-refractivity contribution in [3.63, 3.8) is 0 Å². The Balaban J connectivity index is 1.98. The number of hydrazine groups is 1. The van der Waals surface area contributed by atoms with E-state index in [2.05, 4.69) is 12.3 Å². The van der Waals surface area contributed by atoms with Gasteiger partial charge in [-0.25, -0.2) is 0 Å². The lowest BCUT2D eigenvalue weighted by Gasteiger charge is -2.14. The minimum absolute atomic E-state index is 0.365. The van der Waals surface area contributed by atoms with Crippen LogP contribution >= 0.6 is 0 Å². The summed E-state index contributed by atoms with van der Waals surface area (Å²) in [6, 6.07) is 0.365. The first-order chi connectivity index (χ1) is 5.86. The molecule has 1 rings (SSSR count). The highest BCUT2D eigenvalue weighted by atomic mass is 16.5. The molecule has 12 heavy (non-hydrogen) atoms. The number of rotatable bonds is 7.